The van der Waals surface area contributed by atoms with Gasteiger partial charge in [0.2, 0.25) is 5.91 Å². The van der Waals surface area contributed by atoms with E-state index in [1.165, 1.54) is 83.5 Å². The van der Waals surface area contributed by atoms with E-state index in [9.17, 15) is 34.1 Å². The molecule has 0 bridgehead atoms. The quantitative estimate of drug-likeness (QED) is 0.0200. The number of phosphoric ester groups is 1. The average molecular weight is 920 g/mol. The Morgan fingerprint density at radius 3 is 1.36 bits per heavy atom. The minimum Gasteiger partial charge on any atom is -0.480 e. The van der Waals surface area contributed by atoms with Crippen LogP contribution in [0.3, 0.4) is 0 Å². The Hall–Kier alpha value is -3.08. The molecular weight excluding hydrogens is 830 g/mol. The van der Waals surface area contributed by atoms with Crippen molar-refractivity contribution in [1.82, 2.24) is 5.32 Å². The third-order valence-electron chi connectivity index (χ3n) is 10.5. The van der Waals surface area contributed by atoms with Crippen LogP contribution < -0.4 is 5.32 Å². The summed E-state index contributed by atoms with van der Waals surface area (Å²) in [5.74, 6) is -2.40. The maximum absolute atomic E-state index is 12.3. The van der Waals surface area contributed by atoms with Gasteiger partial charge < -0.3 is 25.2 Å². The third kappa shape index (κ3) is 45.5. The number of carbonyl (C=O) groups excluding carboxylic acids is 2. The van der Waals surface area contributed by atoms with Crippen LogP contribution in [0, 0.1) is 0 Å². The Kier molecular flexibility index (Phi) is 44.2. The zero-order valence-corrected chi connectivity index (χ0v) is 41.0. The summed E-state index contributed by atoms with van der Waals surface area (Å²) >= 11 is 0. The number of rotatable bonds is 46. The summed E-state index contributed by atoms with van der Waals surface area (Å²) in [6.07, 6.45) is 56.3. The fourth-order valence-corrected chi connectivity index (χ4v) is 7.44. The van der Waals surface area contributed by atoms with E-state index in [1.807, 2.05) is 0 Å². The van der Waals surface area contributed by atoms with E-state index in [0.717, 1.165) is 83.5 Å². The van der Waals surface area contributed by atoms with Crippen molar-refractivity contribution in [2.75, 3.05) is 19.8 Å². The number of aliphatic hydroxyl groups excluding tert-OH is 1. The first-order valence-corrected chi connectivity index (χ1v) is 26.5. The van der Waals surface area contributed by atoms with Crippen molar-refractivity contribution < 1.29 is 47.8 Å². The first-order chi connectivity index (χ1) is 31.1. The number of carboxylic acids is 1. The number of hydrogen-bond donors (Lipinski definition) is 4. The highest BCUT2D eigenvalue weighted by atomic mass is 31.2. The molecule has 0 heterocycles. The number of phosphoric acid groups is 1. The minimum absolute atomic E-state index is 0.144. The van der Waals surface area contributed by atoms with E-state index in [0.29, 0.717) is 12.8 Å². The lowest BCUT2D eigenvalue weighted by molar-refractivity contribution is -0.147. The molecule has 0 aliphatic heterocycles. The average Bonchev–Trinajstić information content (AvgIpc) is 3.27. The molecule has 0 rings (SSSR count). The third-order valence-corrected chi connectivity index (χ3v) is 11.5. The Morgan fingerprint density at radius 2 is 0.906 bits per heavy atom. The Bertz CT molecular complexity index is 1360. The first-order valence-electron chi connectivity index (χ1n) is 25.0. The molecule has 64 heavy (non-hydrogen) atoms. The summed E-state index contributed by atoms with van der Waals surface area (Å²) in [5.41, 5.74) is 0. The molecule has 368 valence electrons. The van der Waals surface area contributed by atoms with Crippen molar-refractivity contribution in [2.24, 2.45) is 0 Å². The molecule has 0 aliphatic carbocycles. The molecule has 0 fully saturated rings. The summed E-state index contributed by atoms with van der Waals surface area (Å²) in [5, 5.41) is 21.9. The van der Waals surface area contributed by atoms with Gasteiger partial charge in [0.05, 0.1) is 13.2 Å². The van der Waals surface area contributed by atoms with Gasteiger partial charge in [0.25, 0.3) is 0 Å². The Balaban J connectivity index is 3.89. The molecule has 4 N–H and O–H groups in total. The summed E-state index contributed by atoms with van der Waals surface area (Å²) < 4.78 is 26.9. The van der Waals surface area contributed by atoms with Crippen molar-refractivity contribution in [1.29, 1.82) is 0 Å². The van der Waals surface area contributed by atoms with E-state index in [1.54, 1.807) is 0 Å². The molecule has 12 heteroatoms. The van der Waals surface area contributed by atoms with Crippen molar-refractivity contribution >= 4 is 25.7 Å². The molecule has 0 radical (unpaired) electrons. The molecule has 0 aromatic heterocycles. The number of allylic oxidation sites excluding steroid dienone is 12. The summed E-state index contributed by atoms with van der Waals surface area (Å²) in [6.45, 7) is 2.47. The SMILES string of the molecule is CC/C=C\C/C=C\C/C=C\C/C=C\C/C=C\C/C=C\CCCCCCC(=O)OCC(O)COP(=O)(O)OCC(NC(=O)CCCCCCCCCCCCCCCCCCC)C(=O)O. The Morgan fingerprint density at radius 1 is 0.516 bits per heavy atom. The summed E-state index contributed by atoms with van der Waals surface area (Å²) in [4.78, 5) is 46.1. The van der Waals surface area contributed by atoms with E-state index in [-0.39, 0.29) is 12.8 Å². The van der Waals surface area contributed by atoms with Crippen LogP contribution in [0.4, 0.5) is 0 Å². The van der Waals surface area contributed by atoms with E-state index in [4.69, 9.17) is 13.8 Å². The van der Waals surface area contributed by atoms with E-state index in [2.05, 4.69) is 92.1 Å². The van der Waals surface area contributed by atoms with Crippen LogP contribution in [0.5, 0.6) is 0 Å². The summed E-state index contributed by atoms with van der Waals surface area (Å²) in [6, 6.07) is -1.55. The van der Waals surface area contributed by atoms with Crippen LogP contribution in [0.2, 0.25) is 0 Å². The smallest absolute Gasteiger partial charge is 0.472 e. The molecule has 0 saturated heterocycles. The van der Waals surface area contributed by atoms with E-state index >= 15 is 0 Å². The first kappa shape index (κ1) is 60.9. The number of unbranched alkanes of at least 4 members (excludes halogenated alkanes) is 20. The van der Waals surface area contributed by atoms with Crippen molar-refractivity contribution in [3.63, 3.8) is 0 Å². The van der Waals surface area contributed by atoms with Crippen LogP contribution in [0.1, 0.15) is 206 Å². The van der Waals surface area contributed by atoms with Gasteiger partial charge in [0, 0.05) is 12.8 Å². The number of carboxylic acid groups (broad SMARTS) is 1. The molecule has 0 aromatic rings. The number of amides is 1. The number of aliphatic carboxylic acids is 1. The number of carbonyl (C=O) groups is 3. The maximum atomic E-state index is 12.3. The highest BCUT2D eigenvalue weighted by Crippen LogP contribution is 2.43. The van der Waals surface area contributed by atoms with Gasteiger partial charge in [0.15, 0.2) is 6.04 Å². The van der Waals surface area contributed by atoms with Gasteiger partial charge in [0.1, 0.15) is 12.7 Å². The standard InChI is InChI=1S/C52H90NO10P/c1-3-5-7-9-11-13-15-17-19-21-22-23-24-25-26-28-30-32-34-36-38-40-42-44-51(56)61-45-48(54)46-62-64(59,60)63-47-49(52(57)58)53-50(55)43-41-39-37-35-33-31-29-27-20-18-16-14-12-10-8-6-4-2/h5,7,11,13,17,19,22-23,25-26,30,32,48-49,54H,3-4,6,8-10,12,14-16,18,20-21,24,27-29,31,33-47H2,1-2H3,(H,53,55)(H,57,58)(H,59,60)/b7-5-,13-11-,19-17-,23-22-,26-25-,32-30-. The minimum atomic E-state index is -4.77. The predicted octanol–water partition coefficient (Wildman–Crippen LogP) is 13.7. The zero-order chi connectivity index (χ0) is 47.0. The van der Waals surface area contributed by atoms with Gasteiger partial charge in [-0.15, -0.1) is 0 Å². The van der Waals surface area contributed by atoms with Crippen molar-refractivity contribution in [3.8, 4) is 0 Å². The molecule has 3 atom stereocenters. The lowest BCUT2D eigenvalue weighted by Gasteiger charge is -2.18. The maximum Gasteiger partial charge on any atom is 0.472 e. The second-order valence-electron chi connectivity index (χ2n) is 16.6. The highest BCUT2D eigenvalue weighted by molar-refractivity contribution is 7.47. The largest absolute Gasteiger partial charge is 0.480 e. The number of esters is 1. The van der Waals surface area contributed by atoms with Gasteiger partial charge in [-0.05, 0) is 64.2 Å². The second-order valence-corrected chi connectivity index (χ2v) is 18.1. The molecule has 0 aliphatic rings. The topological polar surface area (TPSA) is 169 Å². The summed E-state index contributed by atoms with van der Waals surface area (Å²) in [7, 11) is -4.77. The molecule has 0 aromatic carbocycles. The molecule has 11 nitrogen and oxygen atoms in total. The van der Waals surface area contributed by atoms with Gasteiger partial charge in [-0.25, -0.2) is 9.36 Å². The molecule has 0 saturated carbocycles. The van der Waals surface area contributed by atoms with Crippen LogP contribution >= 0.6 is 7.82 Å². The monoisotopic (exact) mass is 920 g/mol. The van der Waals surface area contributed by atoms with Crippen molar-refractivity contribution in [3.05, 3.63) is 72.9 Å². The van der Waals surface area contributed by atoms with Gasteiger partial charge in [-0.2, -0.15) is 0 Å². The number of hydrogen-bond acceptors (Lipinski definition) is 8. The normalized spacial score (nSPS) is 14.2. The van der Waals surface area contributed by atoms with Crippen LogP contribution in [-0.2, 0) is 32.7 Å². The second kappa shape index (κ2) is 46.4. The van der Waals surface area contributed by atoms with Gasteiger partial charge in [-0.3, -0.25) is 18.6 Å². The van der Waals surface area contributed by atoms with E-state index < -0.39 is 57.6 Å². The number of nitrogens with one attached hydrogen (secondary N) is 1. The van der Waals surface area contributed by atoms with Gasteiger partial charge >= 0.3 is 19.8 Å². The van der Waals surface area contributed by atoms with Crippen LogP contribution in [-0.4, -0.2) is 64.9 Å². The number of aliphatic hydroxyl groups is 1. The van der Waals surface area contributed by atoms with Crippen LogP contribution in [0.15, 0.2) is 72.9 Å². The van der Waals surface area contributed by atoms with Crippen molar-refractivity contribution in [2.45, 2.75) is 219 Å². The predicted molar refractivity (Wildman–Crippen MR) is 263 cm³/mol. The fourth-order valence-electron chi connectivity index (χ4n) is 6.67. The molecule has 1 amide bonds. The molecular formula is C52H90NO10P. The van der Waals surface area contributed by atoms with Crippen LogP contribution in [0.25, 0.3) is 0 Å². The lowest BCUT2D eigenvalue weighted by Crippen LogP contribution is -2.43. The molecule has 0 spiro atoms. The Labute approximate surface area is 389 Å². The highest BCUT2D eigenvalue weighted by Gasteiger charge is 2.28. The van der Waals surface area contributed by atoms with Gasteiger partial charge in [-0.1, -0.05) is 202 Å². The molecule has 3 unspecified atom stereocenters. The zero-order valence-electron chi connectivity index (χ0n) is 40.1. The fraction of sp³-hybridized carbons (Fsp3) is 0.712. The number of ether oxygens (including phenoxy) is 1. The lowest BCUT2D eigenvalue weighted by atomic mass is 10.0.